The van der Waals surface area contributed by atoms with Crippen molar-refractivity contribution in [3.63, 3.8) is 0 Å². The molecule has 7 nitrogen and oxygen atoms in total. The van der Waals surface area contributed by atoms with Gasteiger partial charge < -0.3 is 14.8 Å². The largest absolute Gasteiger partial charge is 0.392 e. The molecule has 8 heteroatoms. The van der Waals surface area contributed by atoms with E-state index in [2.05, 4.69) is 51.4 Å². The molecule has 3 aromatic carbocycles. The molecule has 1 atom stereocenters. The first-order valence-electron chi connectivity index (χ1n) is 11.6. The van der Waals surface area contributed by atoms with Crippen LogP contribution in [0.3, 0.4) is 0 Å². The molecule has 0 saturated carbocycles. The molecule has 0 aliphatic carbocycles. The number of fused-ring (bicyclic) bond motifs is 1. The van der Waals surface area contributed by atoms with Gasteiger partial charge in [-0.1, -0.05) is 103 Å². The molecule has 1 unspecified atom stereocenters. The SMILES string of the molecule is OC/C=C\C(O)Cn1cnc2c(N=P(c3ccccc3)(c3ccccc3)c3ccccc3)ncnc21. The van der Waals surface area contributed by atoms with Crippen LogP contribution in [0, 0.1) is 0 Å². The van der Waals surface area contributed by atoms with E-state index >= 15 is 0 Å². The fraction of sp³-hybridized carbons (Fsp3) is 0.107. The minimum absolute atomic E-state index is 0.128. The summed E-state index contributed by atoms with van der Waals surface area (Å²) in [7, 11) is -2.52. The van der Waals surface area contributed by atoms with E-state index in [1.807, 2.05) is 54.6 Å². The molecule has 5 rings (SSSR count). The Labute approximate surface area is 209 Å². The van der Waals surface area contributed by atoms with E-state index < -0.39 is 13.2 Å². The first-order valence-corrected chi connectivity index (χ1v) is 13.4. The predicted octanol–water partition coefficient (Wildman–Crippen LogP) is 3.54. The maximum atomic E-state index is 10.3. The highest BCUT2D eigenvalue weighted by atomic mass is 31.2. The number of hydrogen-bond donors (Lipinski definition) is 2. The monoisotopic (exact) mass is 495 g/mol. The molecule has 0 aliphatic heterocycles. The van der Waals surface area contributed by atoms with Crippen LogP contribution in [0.15, 0.2) is 121 Å². The summed E-state index contributed by atoms with van der Waals surface area (Å²) in [5.41, 5.74) is 1.16. The van der Waals surface area contributed by atoms with Gasteiger partial charge in [-0.25, -0.2) is 19.7 Å². The van der Waals surface area contributed by atoms with E-state index in [0.29, 0.717) is 17.0 Å². The van der Waals surface area contributed by atoms with Gasteiger partial charge in [0, 0.05) is 15.9 Å². The third-order valence-electron chi connectivity index (χ3n) is 5.86. The highest BCUT2D eigenvalue weighted by Crippen LogP contribution is 2.49. The summed E-state index contributed by atoms with van der Waals surface area (Å²) in [4.78, 5) is 13.6. The van der Waals surface area contributed by atoms with Gasteiger partial charge in [0.05, 0.1) is 32.6 Å². The molecule has 2 aromatic heterocycles. The number of nitrogens with zero attached hydrogens (tertiary/aromatic N) is 5. The number of rotatable bonds is 8. The smallest absolute Gasteiger partial charge is 0.183 e. The lowest BCUT2D eigenvalue weighted by molar-refractivity contribution is 0.201. The molecule has 5 aromatic rings. The van der Waals surface area contributed by atoms with Crippen LogP contribution < -0.4 is 15.9 Å². The van der Waals surface area contributed by atoms with Crippen LogP contribution in [0.2, 0.25) is 0 Å². The standard InChI is InChI=1S/C28H26N5O2P/c34-18-10-11-22(35)19-33-21-31-26-27(29-20-30-28(26)33)32-36(23-12-4-1-5-13-23,24-14-6-2-7-15-24)25-16-8-3-9-17-25/h1-17,20-22,34-35H,18-19H2/b11-10-. The summed E-state index contributed by atoms with van der Waals surface area (Å²) in [6.07, 6.45) is 5.41. The Kier molecular flexibility index (Phi) is 7.14. The summed E-state index contributed by atoms with van der Waals surface area (Å²) in [5.74, 6) is 0.504. The quantitative estimate of drug-likeness (QED) is 0.254. The molecule has 36 heavy (non-hydrogen) atoms. The normalized spacial score (nSPS) is 12.7. The Balaban J connectivity index is 1.77. The third kappa shape index (κ3) is 4.64. The first kappa shape index (κ1) is 23.8. The maximum Gasteiger partial charge on any atom is 0.183 e. The molecule has 0 saturated heterocycles. The molecular formula is C28H26N5O2P. The minimum Gasteiger partial charge on any atom is -0.392 e. The van der Waals surface area contributed by atoms with Crippen molar-refractivity contribution in [1.29, 1.82) is 0 Å². The highest BCUT2D eigenvalue weighted by molar-refractivity contribution is 7.87. The Hall–Kier alpha value is -3.90. The first-order chi connectivity index (χ1) is 17.7. The van der Waals surface area contributed by atoms with Gasteiger partial charge in [-0.2, -0.15) is 0 Å². The second-order valence-electron chi connectivity index (χ2n) is 8.19. The lowest BCUT2D eigenvalue weighted by atomic mass is 10.3. The fourth-order valence-electron chi connectivity index (χ4n) is 4.25. The van der Waals surface area contributed by atoms with E-state index in [-0.39, 0.29) is 13.2 Å². The van der Waals surface area contributed by atoms with E-state index in [9.17, 15) is 5.11 Å². The summed E-state index contributed by atoms with van der Waals surface area (Å²) < 4.78 is 7.22. The topological polar surface area (TPSA) is 96.4 Å². The number of hydrogen-bond acceptors (Lipinski definition) is 6. The Bertz CT molecular complexity index is 1420. The van der Waals surface area contributed by atoms with Crippen LogP contribution in [0.4, 0.5) is 5.82 Å². The van der Waals surface area contributed by atoms with Gasteiger partial charge in [0.25, 0.3) is 0 Å². The van der Waals surface area contributed by atoms with Crippen molar-refractivity contribution in [2.45, 2.75) is 12.6 Å². The van der Waals surface area contributed by atoms with Crippen LogP contribution in [-0.4, -0.2) is 42.4 Å². The number of aliphatic hydroxyl groups excluding tert-OH is 2. The lowest BCUT2D eigenvalue weighted by Gasteiger charge is -2.26. The van der Waals surface area contributed by atoms with Crippen molar-refractivity contribution in [2.75, 3.05) is 6.61 Å². The Morgan fingerprint density at radius 1 is 0.806 bits per heavy atom. The molecule has 0 amide bonds. The summed E-state index contributed by atoms with van der Waals surface area (Å²) >= 11 is 0. The van der Waals surface area contributed by atoms with E-state index in [4.69, 9.17) is 9.85 Å². The third-order valence-corrected chi connectivity index (χ3v) is 9.49. The molecule has 0 radical (unpaired) electrons. The Morgan fingerprint density at radius 3 is 1.89 bits per heavy atom. The van der Waals surface area contributed by atoms with Crippen molar-refractivity contribution in [3.05, 3.63) is 116 Å². The lowest BCUT2D eigenvalue weighted by Crippen LogP contribution is -2.25. The van der Waals surface area contributed by atoms with Gasteiger partial charge >= 0.3 is 0 Å². The number of benzene rings is 3. The zero-order valence-corrected chi connectivity index (χ0v) is 20.4. The average Bonchev–Trinajstić information content (AvgIpc) is 3.35. The average molecular weight is 496 g/mol. The summed E-state index contributed by atoms with van der Waals surface area (Å²) in [6, 6.07) is 31.0. The highest BCUT2D eigenvalue weighted by Gasteiger charge is 2.28. The molecule has 0 bridgehead atoms. The zero-order chi connectivity index (χ0) is 24.8. The number of aromatic nitrogens is 4. The van der Waals surface area contributed by atoms with Gasteiger partial charge in [0.1, 0.15) is 6.33 Å². The number of imidazole rings is 1. The second-order valence-corrected chi connectivity index (χ2v) is 11.2. The molecule has 2 N–H and O–H groups in total. The number of aliphatic hydroxyl groups is 2. The van der Waals surface area contributed by atoms with Crippen molar-refractivity contribution in [2.24, 2.45) is 4.74 Å². The van der Waals surface area contributed by atoms with Gasteiger partial charge in [-0.15, -0.1) is 0 Å². The van der Waals surface area contributed by atoms with E-state index in [1.54, 1.807) is 17.0 Å². The van der Waals surface area contributed by atoms with Gasteiger partial charge in [-0.3, -0.25) is 0 Å². The van der Waals surface area contributed by atoms with Crippen molar-refractivity contribution >= 4 is 39.9 Å². The molecule has 0 spiro atoms. The second kappa shape index (κ2) is 10.8. The van der Waals surface area contributed by atoms with Crippen LogP contribution in [0.1, 0.15) is 0 Å². The molecular weight excluding hydrogens is 469 g/mol. The zero-order valence-electron chi connectivity index (χ0n) is 19.5. The molecule has 0 fully saturated rings. The predicted molar refractivity (Wildman–Crippen MR) is 145 cm³/mol. The van der Waals surface area contributed by atoms with Gasteiger partial charge in [0.2, 0.25) is 0 Å². The van der Waals surface area contributed by atoms with E-state index in [1.165, 1.54) is 12.4 Å². The van der Waals surface area contributed by atoms with Crippen molar-refractivity contribution in [3.8, 4) is 0 Å². The summed E-state index contributed by atoms with van der Waals surface area (Å²) in [5, 5.41) is 22.6. The molecule has 180 valence electrons. The molecule has 0 aliphatic rings. The van der Waals surface area contributed by atoms with Crippen molar-refractivity contribution in [1.82, 2.24) is 19.5 Å². The van der Waals surface area contributed by atoms with Gasteiger partial charge in [0.15, 0.2) is 17.0 Å². The minimum atomic E-state index is -2.52. The summed E-state index contributed by atoms with van der Waals surface area (Å²) in [6.45, 7) is 0.122. The van der Waals surface area contributed by atoms with Crippen molar-refractivity contribution < 1.29 is 10.2 Å². The van der Waals surface area contributed by atoms with Crippen LogP contribution in [0.25, 0.3) is 11.2 Å². The fourth-order valence-corrected chi connectivity index (χ4v) is 7.73. The van der Waals surface area contributed by atoms with Gasteiger partial charge in [-0.05, 0) is 0 Å². The van der Waals surface area contributed by atoms with E-state index in [0.717, 1.165) is 15.9 Å². The Morgan fingerprint density at radius 2 is 1.36 bits per heavy atom. The van der Waals surface area contributed by atoms with Crippen LogP contribution >= 0.6 is 7.05 Å². The van der Waals surface area contributed by atoms with Crippen LogP contribution in [-0.2, 0) is 6.54 Å². The molecule has 2 heterocycles. The maximum absolute atomic E-state index is 10.3. The van der Waals surface area contributed by atoms with Crippen LogP contribution in [0.5, 0.6) is 0 Å².